The number of nitrogen functional groups attached to an aromatic ring is 1. The number of nitrogens with zero attached hydrogens (tertiary/aromatic N) is 2. The normalized spacial score (nSPS) is 10.4. The molecule has 0 aliphatic rings. The number of nitrogens with two attached hydrogens (primary N) is 1. The van der Waals surface area contributed by atoms with Crippen LogP contribution < -0.4 is 11.1 Å². The Hall–Kier alpha value is -2.34. The standard InChI is InChI=1S/C14H15ClN4O2/c1-8-6-9(2-3-10(8)14(20)21)4-5-17-11-7-12(15)18-19-13(11)16/h2-3,6-7H,4-5H2,1H3,(H2,16,19)(H,17,18)(H,20,21). The van der Waals surface area contributed by atoms with Crippen molar-refractivity contribution in [1.82, 2.24) is 10.2 Å². The molecule has 0 amide bonds. The van der Waals surface area contributed by atoms with E-state index in [1.807, 2.05) is 6.07 Å². The molecule has 0 atom stereocenters. The average Bonchev–Trinajstić information content (AvgIpc) is 2.42. The van der Waals surface area contributed by atoms with E-state index in [-0.39, 0.29) is 11.0 Å². The Kier molecular flexibility index (Phi) is 4.59. The van der Waals surface area contributed by atoms with Gasteiger partial charge in [-0.15, -0.1) is 10.2 Å². The Morgan fingerprint density at radius 2 is 2.14 bits per heavy atom. The molecule has 0 radical (unpaired) electrons. The molecule has 0 spiro atoms. The zero-order valence-electron chi connectivity index (χ0n) is 11.4. The lowest BCUT2D eigenvalue weighted by Gasteiger charge is -2.09. The van der Waals surface area contributed by atoms with Crippen molar-refractivity contribution in [3.05, 3.63) is 46.1 Å². The van der Waals surface area contributed by atoms with E-state index in [1.54, 1.807) is 25.1 Å². The van der Waals surface area contributed by atoms with E-state index in [1.165, 1.54) is 0 Å². The fourth-order valence-electron chi connectivity index (χ4n) is 1.98. The number of halogens is 1. The van der Waals surface area contributed by atoms with Crippen molar-refractivity contribution >= 4 is 29.1 Å². The molecule has 0 bridgehead atoms. The van der Waals surface area contributed by atoms with Crippen LogP contribution in [0.15, 0.2) is 24.3 Å². The maximum Gasteiger partial charge on any atom is 0.335 e. The number of hydrogen-bond acceptors (Lipinski definition) is 5. The summed E-state index contributed by atoms with van der Waals surface area (Å²) in [7, 11) is 0. The molecule has 7 heteroatoms. The number of hydrogen-bond donors (Lipinski definition) is 3. The maximum absolute atomic E-state index is 10.9. The van der Waals surface area contributed by atoms with Gasteiger partial charge in [-0.25, -0.2) is 4.79 Å². The molecule has 0 saturated carbocycles. The van der Waals surface area contributed by atoms with Crippen LogP contribution in [0.5, 0.6) is 0 Å². The summed E-state index contributed by atoms with van der Waals surface area (Å²) in [6, 6.07) is 6.90. The summed E-state index contributed by atoms with van der Waals surface area (Å²) in [5.74, 6) is -0.626. The predicted molar refractivity (Wildman–Crippen MR) is 81.8 cm³/mol. The molecule has 1 aromatic carbocycles. The van der Waals surface area contributed by atoms with Gasteiger partial charge in [0.1, 0.15) is 0 Å². The number of carboxylic acids is 1. The highest BCUT2D eigenvalue weighted by Gasteiger charge is 2.07. The molecular weight excluding hydrogens is 292 g/mol. The predicted octanol–water partition coefficient (Wildman–Crippen LogP) is 2.37. The summed E-state index contributed by atoms with van der Waals surface area (Å²) in [6.45, 7) is 2.41. The smallest absolute Gasteiger partial charge is 0.335 e. The minimum atomic E-state index is -0.914. The van der Waals surface area contributed by atoms with Gasteiger partial charge in [-0.2, -0.15) is 0 Å². The maximum atomic E-state index is 10.9. The number of aromatic nitrogens is 2. The van der Waals surface area contributed by atoms with Crippen molar-refractivity contribution < 1.29 is 9.90 Å². The monoisotopic (exact) mass is 306 g/mol. The first-order valence-corrected chi connectivity index (χ1v) is 6.70. The summed E-state index contributed by atoms with van der Waals surface area (Å²) < 4.78 is 0. The second-order valence-electron chi connectivity index (χ2n) is 4.60. The topological polar surface area (TPSA) is 101 Å². The number of carboxylic acid groups (broad SMARTS) is 1. The van der Waals surface area contributed by atoms with Gasteiger partial charge < -0.3 is 16.2 Å². The van der Waals surface area contributed by atoms with Crippen LogP contribution in [0, 0.1) is 6.92 Å². The Morgan fingerprint density at radius 3 is 2.81 bits per heavy atom. The largest absolute Gasteiger partial charge is 0.478 e. The number of anilines is 2. The van der Waals surface area contributed by atoms with Crippen LogP contribution in [0.1, 0.15) is 21.5 Å². The minimum Gasteiger partial charge on any atom is -0.478 e. The lowest BCUT2D eigenvalue weighted by molar-refractivity contribution is 0.0696. The Bertz CT molecular complexity index is 676. The van der Waals surface area contributed by atoms with Crippen molar-refractivity contribution in [3.8, 4) is 0 Å². The molecule has 2 aromatic rings. The molecule has 21 heavy (non-hydrogen) atoms. The second kappa shape index (κ2) is 6.41. The van der Waals surface area contributed by atoms with E-state index < -0.39 is 5.97 Å². The van der Waals surface area contributed by atoms with Crippen LogP contribution in [0.3, 0.4) is 0 Å². The summed E-state index contributed by atoms with van der Waals surface area (Å²) in [5, 5.41) is 19.7. The van der Waals surface area contributed by atoms with Gasteiger partial charge in [-0.3, -0.25) is 0 Å². The fourth-order valence-corrected chi connectivity index (χ4v) is 2.13. The van der Waals surface area contributed by atoms with Crippen molar-refractivity contribution in [2.24, 2.45) is 0 Å². The van der Waals surface area contributed by atoms with Crippen molar-refractivity contribution in [1.29, 1.82) is 0 Å². The number of aryl methyl sites for hydroxylation is 1. The van der Waals surface area contributed by atoms with Crippen LogP contribution >= 0.6 is 11.6 Å². The summed E-state index contributed by atoms with van der Waals surface area (Å²) >= 11 is 5.76. The van der Waals surface area contributed by atoms with Gasteiger partial charge in [0, 0.05) is 12.6 Å². The van der Waals surface area contributed by atoms with Gasteiger partial charge in [-0.05, 0) is 30.5 Å². The molecule has 1 heterocycles. The zero-order valence-corrected chi connectivity index (χ0v) is 12.2. The van der Waals surface area contributed by atoms with E-state index in [9.17, 15) is 4.79 Å². The van der Waals surface area contributed by atoms with E-state index in [0.29, 0.717) is 17.8 Å². The Morgan fingerprint density at radius 1 is 1.38 bits per heavy atom. The molecule has 2 rings (SSSR count). The third-order valence-electron chi connectivity index (χ3n) is 3.04. The third kappa shape index (κ3) is 3.82. The third-order valence-corrected chi connectivity index (χ3v) is 3.23. The lowest BCUT2D eigenvalue weighted by atomic mass is 10.0. The highest BCUT2D eigenvalue weighted by atomic mass is 35.5. The average molecular weight is 307 g/mol. The van der Waals surface area contributed by atoms with Gasteiger partial charge in [-0.1, -0.05) is 23.7 Å². The van der Waals surface area contributed by atoms with Gasteiger partial charge in [0.2, 0.25) is 0 Å². The first-order valence-electron chi connectivity index (χ1n) is 6.33. The van der Waals surface area contributed by atoms with Crippen LogP contribution in [-0.4, -0.2) is 27.8 Å². The molecule has 0 fully saturated rings. The van der Waals surface area contributed by atoms with Gasteiger partial charge in [0.15, 0.2) is 11.0 Å². The number of nitrogens with one attached hydrogen (secondary N) is 1. The molecule has 110 valence electrons. The van der Waals surface area contributed by atoms with E-state index in [2.05, 4.69) is 15.5 Å². The molecular formula is C14H15ClN4O2. The molecule has 0 aliphatic carbocycles. The first kappa shape index (κ1) is 15.1. The van der Waals surface area contributed by atoms with Crippen LogP contribution in [0.25, 0.3) is 0 Å². The van der Waals surface area contributed by atoms with E-state index >= 15 is 0 Å². The van der Waals surface area contributed by atoms with E-state index in [4.69, 9.17) is 22.4 Å². The molecule has 1 aromatic heterocycles. The summed E-state index contributed by atoms with van der Waals surface area (Å²) in [6.07, 6.45) is 0.722. The SMILES string of the molecule is Cc1cc(CCNc2cc(Cl)nnc2N)ccc1C(=O)O. The lowest BCUT2D eigenvalue weighted by Crippen LogP contribution is -2.09. The quantitative estimate of drug-likeness (QED) is 0.784. The highest BCUT2D eigenvalue weighted by molar-refractivity contribution is 6.29. The number of benzene rings is 1. The van der Waals surface area contributed by atoms with Crippen molar-refractivity contribution in [2.75, 3.05) is 17.6 Å². The minimum absolute atomic E-state index is 0.272. The molecule has 6 nitrogen and oxygen atoms in total. The Balaban J connectivity index is 1.99. The van der Waals surface area contributed by atoms with Crippen LogP contribution in [0.4, 0.5) is 11.5 Å². The first-order chi connectivity index (χ1) is 9.97. The highest BCUT2D eigenvalue weighted by Crippen LogP contribution is 2.18. The Labute approximate surface area is 127 Å². The fraction of sp³-hybridized carbons (Fsp3) is 0.214. The molecule has 0 aliphatic heterocycles. The van der Waals surface area contributed by atoms with Crippen LogP contribution in [-0.2, 0) is 6.42 Å². The zero-order chi connectivity index (χ0) is 15.4. The molecule has 0 unspecified atom stereocenters. The second-order valence-corrected chi connectivity index (χ2v) is 4.98. The van der Waals surface area contributed by atoms with Gasteiger partial charge in [0.25, 0.3) is 0 Å². The number of carbonyl (C=O) groups is 1. The number of rotatable bonds is 5. The van der Waals surface area contributed by atoms with Crippen molar-refractivity contribution in [2.45, 2.75) is 13.3 Å². The van der Waals surface area contributed by atoms with Gasteiger partial charge in [0.05, 0.1) is 11.3 Å². The summed E-state index contributed by atoms with van der Waals surface area (Å²) in [4.78, 5) is 10.9. The van der Waals surface area contributed by atoms with Crippen LogP contribution in [0.2, 0.25) is 5.15 Å². The summed E-state index contributed by atoms with van der Waals surface area (Å²) in [5.41, 5.74) is 8.42. The van der Waals surface area contributed by atoms with Gasteiger partial charge >= 0.3 is 5.97 Å². The van der Waals surface area contributed by atoms with Crippen molar-refractivity contribution in [3.63, 3.8) is 0 Å². The molecule has 0 saturated heterocycles. The van der Waals surface area contributed by atoms with E-state index in [0.717, 1.165) is 17.5 Å². The molecule has 4 N–H and O–H groups in total. The number of aromatic carboxylic acids is 1.